The zero-order chi connectivity index (χ0) is 15.9. The summed E-state index contributed by atoms with van der Waals surface area (Å²) in [5.41, 5.74) is 1.19. The smallest absolute Gasteiger partial charge is 0.338 e. The van der Waals surface area contributed by atoms with Crippen LogP contribution in [-0.4, -0.2) is 17.5 Å². The lowest BCUT2D eigenvalue weighted by molar-refractivity contribution is -0.387. The van der Waals surface area contributed by atoms with Crippen LogP contribution in [0.5, 0.6) is 0 Å². The van der Waals surface area contributed by atoms with Crippen molar-refractivity contribution in [1.29, 1.82) is 0 Å². The first kappa shape index (κ1) is 16.0. The topological polar surface area (TPSA) is 69.4 Å². The molecule has 0 saturated heterocycles. The molecule has 0 amide bonds. The Hall–Kier alpha value is -2.34. The number of hydrogen-bond acceptors (Lipinski definition) is 5. The molecule has 0 aliphatic rings. The van der Waals surface area contributed by atoms with Crippen LogP contribution >= 0.6 is 11.8 Å². The Bertz CT molecular complexity index is 673. The highest BCUT2D eigenvalue weighted by Crippen LogP contribution is 2.32. The third-order valence-corrected chi connectivity index (χ3v) is 4.04. The molecule has 0 fully saturated rings. The summed E-state index contributed by atoms with van der Waals surface area (Å²) >= 11 is 1.37. The summed E-state index contributed by atoms with van der Waals surface area (Å²) in [4.78, 5) is 22.9. The molecule has 0 radical (unpaired) electrons. The minimum atomic E-state index is -0.551. The molecule has 0 aliphatic carbocycles. The van der Waals surface area contributed by atoms with Crippen molar-refractivity contribution in [2.24, 2.45) is 0 Å². The van der Waals surface area contributed by atoms with Crippen LogP contribution in [0.1, 0.15) is 22.8 Å². The number of nitro benzene ring substituents is 1. The first-order chi connectivity index (χ1) is 10.6. The van der Waals surface area contributed by atoms with Crippen LogP contribution in [0.2, 0.25) is 0 Å². The van der Waals surface area contributed by atoms with E-state index < -0.39 is 10.9 Å². The van der Waals surface area contributed by atoms with Gasteiger partial charge in [0.1, 0.15) is 0 Å². The van der Waals surface area contributed by atoms with Crippen LogP contribution < -0.4 is 0 Å². The van der Waals surface area contributed by atoms with Crippen LogP contribution in [0.15, 0.2) is 53.4 Å². The average molecular weight is 317 g/mol. The summed E-state index contributed by atoms with van der Waals surface area (Å²) in [6.07, 6.45) is 0. The lowest BCUT2D eigenvalue weighted by atomic mass is 10.2. The maximum Gasteiger partial charge on any atom is 0.338 e. The third kappa shape index (κ3) is 4.08. The third-order valence-electron chi connectivity index (χ3n) is 2.90. The van der Waals surface area contributed by atoms with Crippen LogP contribution in [0.3, 0.4) is 0 Å². The lowest BCUT2D eigenvalue weighted by Gasteiger charge is -2.06. The van der Waals surface area contributed by atoms with Crippen LogP contribution in [0.4, 0.5) is 5.69 Å². The van der Waals surface area contributed by atoms with E-state index in [2.05, 4.69) is 0 Å². The molecule has 6 heteroatoms. The van der Waals surface area contributed by atoms with E-state index in [-0.39, 0.29) is 17.9 Å². The summed E-state index contributed by atoms with van der Waals surface area (Å²) in [7, 11) is 0. The minimum Gasteiger partial charge on any atom is -0.462 e. The largest absolute Gasteiger partial charge is 0.462 e. The van der Waals surface area contributed by atoms with Gasteiger partial charge in [-0.15, -0.1) is 11.8 Å². The maximum atomic E-state index is 11.7. The van der Waals surface area contributed by atoms with Gasteiger partial charge in [0.15, 0.2) is 0 Å². The van der Waals surface area contributed by atoms with Gasteiger partial charge >= 0.3 is 5.97 Å². The fourth-order valence-electron chi connectivity index (χ4n) is 1.86. The van der Waals surface area contributed by atoms with Gasteiger partial charge in [0.05, 0.1) is 22.0 Å². The summed E-state index contributed by atoms with van der Waals surface area (Å²) < 4.78 is 4.86. The zero-order valence-corrected chi connectivity index (χ0v) is 12.8. The Morgan fingerprint density at radius 1 is 1.23 bits per heavy atom. The highest BCUT2D eigenvalue weighted by atomic mass is 32.2. The molecule has 2 aromatic rings. The van der Waals surface area contributed by atoms with Gasteiger partial charge in [-0.1, -0.05) is 30.3 Å². The fraction of sp³-hybridized carbons (Fsp3) is 0.188. The molecule has 0 unspecified atom stereocenters. The Kier molecular flexibility index (Phi) is 5.55. The predicted molar refractivity (Wildman–Crippen MR) is 85.1 cm³/mol. The number of thioether (sulfide) groups is 1. The fourth-order valence-corrected chi connectivity index (χ4v) is 2.82. The number of nitrogens with zero attached hydrogens (tertiary/aromatic N) is 1. The Morgan fingerprint density at radius 2 is 1.95 bits per heavy atom. The second-order valence-electron chi connectivity index (χ2n) is 4.43. The van der Waals surface area contributed by atoms with E-state index in [0.29, 0.717) is 10.6 Å². The SMILES string of the molecule is CCOC(=O)c1ccc(SCc2ccccc2)c([N+](=O)[O-])c1. The standard InChI is InChI=1S/C16H15NO4S/c1-2-21-16(18)13-8-9-15(14(10-13)17(19)20)22-11-12-6-4-3-5-7-12/h3-10H,2,11H2,1H3. The van der Waals surface area contributed by atoms with Crippen molar-refractivity contribution < 1.29 is 14.5 Å². The quantitative estimate of drug-likeness (QED) is 0.348. The molecule has 0 N–H and O–H groups in total. The van der Waals surface area contributed by atoms with Crippen molar-refractivity contribution in [3.05, 3.63) is 69.8 Å². The normalized spacial score (nSPS) is 10.2. The molecule has 0 spiro atoms. The summed E-state index contributed by atoms with van der Waals surface area (Å²) in [6, 6.07) is 14.1. The van der Waals surface area contributed by atoms with Crippen molar-refractivity contribution in [2.75, 3.05) is 6.61 Å². The highest BCUT2D eigenvalue weighted by molar-refractivity contribution is 7.98. The molecule has 0 bridgehead atoms. The number of hydrogen-bond donors (Lipinski definition) is 0. The van der Waals surface area contributed by atoms with E-state index in [0.717, 1.165) is 5.56 Å². The van der Waals surface area contributed by atoms with Gasteiger partial charge in [0, 0.05) is 11.8 Å². The number of benzene rings is 2. The van der Waals surface area contributed by atoms with Gasteiger partial charge in [-0.2, -0.15) is 0 Å². The van der Waals surface area contributed by atoms with Crippen LogP contribution in [0, 0.1) is 10.1 Å². The number of rotatable bonds is 6. The van der Waals surface area contributed by atoms with Crippen molar-refractivity contribution in [1.82, 2.24) is 0 Å². The van der Waals surface area contributed by atoms with Gasteiger partial charge in [-0.25, -0.2) is 4.79 Å². The summed E-state index contributed by atoms with van der Waals surface area (Å²) in [6.45, 7) is 1.92. The van der Waals surface area contributed by atoms with Crippen LogP contribution in [-0.2, 0) is 10.5 Å². The molecule has 2 rings (SSSR count). The van der Waals surface area contributed by atoms with E-state index in [1.54, 1.807) is 19.1 Å². The second-order valence-corrected chi connectivity index (χ2v) is 5.45. The number of esters is 1. The van der Waals surface area contributed by atoms with E-state index in [4.69, 9.17) is 4.74 Å². The molecular formula is C16H15NO4S. The molecule has 2 aromatic carbocycles. The van der Waals surface area contributed by atoms with Gasteiger partial charge in [-0.05, 0) is 24.6 Å². The summed E-state index contributed by atoms with van der Waals surface area (Å²) in [5, 5.41) is 11.2. The molecule has 114 valence electrons. The van der Waals surface area contributed by atoms with Crippen molar-refractivity contribution in [3.8, 4) is 0 Å². The van der Waals surface area contributed by atoms with Gasteiger partial charge in [0.2, 0.25) is 0 Å². The maximum absolute atomic E-state index is 11.7. The predicted octanol–water partition coefficient (Wildman–Crippen LogP) is 4.06. The van der Waals surface area contributed by atoms with E-state index in [9.17, 15) is 14.9 Å². The number of nitro groups is 1. The number of carbonyl (C=O) groups is 1. The molecule has 5 nitrogen and oxygen atoms in total. The highest BCUT2D eigenvalue weighted by Gasteiger charge is 2.18. The van der Waals surface area contributed by atoms with Crippen LogP contribution in [0.25, 0.3) is 0 Å². The lowest BCUT2D eigenvalue weighted by Crippen LogP contribution is -2.05. The van der Waals surface area contributed by atoms with E-state index in [1.165, 1.54) is 17.8 Å². The van der Waals surface area contributed by atoms with Crippen molar-refractivity contribution >= 4 is 23.4 Å². The Labute approximate surface area is 132 Å². The van der Waals surface area contributed by atoms with Gasteiger partial charge < -0.3 is 4.74 Å². The second kappa shape index (κ2) is 7.61. The van der Waals surface area contributed by atoms with Crippen molar-refractivity contribution in [2.45, 2.75) is 17.6 Å². The molecule has 0 saturated carbocycles. The monoisotopic (exact) mass is 317 g/mol. The Morgan fingerprint density at radius 3 is 2.59 bits per heavy atom. The average Bonchev–Trinajstić information content (AvgIpc) is 2.54. The molecule has 22 heavy (non-hydrogen) atoms. The number of carbonyl (C=O) groups excluding carboxylic acids is 1. The molecule has 0 aliphatic heterocycles. The molecule has 0 atom stereocenters. The van der Waals surface area contributed by atoms with Crippen molar-refractivity contribution in [3.63, 3.8) is 0 Å². The van der Waals surface area contributed by atoms with Gasteiger partial charge in [-0.3, -0.25) is 10.1 Å². The minimum absolute atomic E-state index is 0.0773. The summed E-state index contributed by atoms with van der Waals surface area (Å²) in [5.74, 6) is 0.0747. The van der Waals surface area contributed by atoms with E-state index >= 15 is 0 Å². The zero-order valence-electron chi connectivity index (χ0n) is 12.0. The Balaban J connectivity index is 2.20. The molecule has 0 heterocycles. The molecule has 0 aromatic heterocycles. The number of ether oxygens (including phenoxy) is 1. The van der Waals surface area contributed by atoms with E-state index in [1.807, 2.05) is 30.3 Å². The first-order valence-corrected chi connectivity index (χ1v) is 7.72. The first-order valence-electron chi connectivity index (χ1n) is 6.74. The molecular weight excluding hydrogens is 302 g/mol. The van der Waals surface area contributed by atoms with Gasteiger partial charge in [0.25, 0.3) is 5.69 Å².